The van der Waals surface area contributed by atoms with Gasteiger partial charge < -0.3 is 15.5 Å². The SMILES string of the molecule is C[C@@H](NC(=O)CN1CCN(Cc2nc(N)c3ccccc3n2)CC1)c1ccco1. The van der Waals surface area contributed by atoms with Crippen LogP contribution in [-0.4, -0.2) is 58.4 Å². The molecule has 1 aromatic carbocycles. The summed E-state index contributed by atoms with van der Waals surface area (Å²) in [5.74, 6) is 2.03. The van der Waals surface area contributed by atoms with Gasteiger partial charge in [0.05, 0.1) is 30.9 Å². The third-order valence-corrected chi connectivity index (χ3v) is 5.22. The van der Waals surface area contributed by atoms with Gasteiger partial charge >= 0.3 is 0 Å². The van der Waals surface area contributed by atoms with Crippen molar-refractivity contribution >= 4 is 22.6 Å². The number of aromatic nitrogens is 2. The molecule has 0 radical (unpaired) electrons. The third kappa shape index (κ3) is 4.72. The second-order valence-corrected chi connectivity index (χ2v) is 7.40. The Morgan fingerprint density at radius 2 is 1.90 bits per heavy atom. The van der Waals surface area contributed by atoms with E-state index in [0.29, 0.717) is 18.9 Å². The van der Waals surface area contributed by atoms with Crippen LogP contribution in [0.5, 0.6) is 0 Å². The molecule has 1 atom stereocenters. The Morgan fingerprint density at radius 3 is 2.66 bits per heavy atom. The second-order valence-electron chi connectivity index (χ2n) is 7.40. The van der Waals surface area contributed by atoms with Gasteiger partial charge in [0.15, 0.2) is 0 Å². The fraction of sp³-hybridized carbons (Fsp3) is 0.381. The van der Waals surface area contributed by atoms with Crippen molar-refractivity contribution in [3.8, 4) is 0 Å². The minimum absolute atomic E-state index is 0.00739. The number of carbonyl (C=O) groups excluding carboxylic acids is 1. The maximum Gasteiger partial charge on any atom is 0.234 e. The van der Waals surface area contributed by atoms with E-state index in [9.17, 15) is 4.79 Å². The number of nitrogens with zero attached hydrogens (tertiary/aromatic N) is 4. The fourth-order valence-electron chi connectivity index (χ4n) is 3.63. The molecule has 152 valence electrons. The molecule has 1 aliphatic rings. The second kappa shape index (κ2) is 8.59. The molecule has 3 heterocycles. The van der Waals surface area contributed by atoms with Gasteiger partial charge in [0.2, 0.25) is 5.91 Å². The van der Waals surface area contributed by atoms with Gasteiger partial charge in [-0.1, -0.05) is 12.1 Å². The Balaban J connectivity index is 1.27. The summed E-state index contributed by atoms with van der Waals surface area (Å²) in [4.78, 5) is 25.9. The third-order valence-electron chi connectivity index (χ3n) is 5.22. The van der Waals surface area contributed by atoms with Gasteiger partial charge in [0.1, 0.15) is 17.4 Å². The van der Waals surface area contributed by atoms with Crippen LogP contribution in [0, 0.1) is 0 Å². The number of para-hydroxylation sites is 1. The van der Waals surface area contributed by atoms with E-state index in [-0.39, 0.29) is 11.9 Å². The van der Waals surface area contributed by atoms with E-state index in [0.717, 1.165) is 48.7 Å². The Hall–Kier alpha value is -2.97. The average molecular weight is 394 g/mol. The highest BCUT2D eigenvalue weighted by molar-refractivity contribution is 5.87. The summed E-state index contributed by atoms with van der Waals surface area (Å²) in [6.45, 7) is 6.33. The molecule has 1 aliphatic heterocycles. The van der Waals surface area contributed by atoms with Gasteiger partial charge in [-0.3, -0.25) is 14.6 Å². The lowest BCUT2D eigenvalue weighted by molar-refractivity contribution is -0.123. The molecule has 3 N–H and O–H groups in total. The van der Waals surface area contributed by atoms with Crippen molar-refractivity contribution in [1.82, 2.24) is 25.1 Å². The normalized spacial score (nSPS) is 16.7. The van der Waals surface area contributed by atoms with Gasteiger partial charge in [0.25, 0.3) is 0 Å². The van der Waals surface area contributed by atoms with Crippen molar-refractivity contribution in [2.45, 2.75) is 19.5 Å². The van der Waals surface area contributed by atoms with Crippen molar-refractivity contribution in [1.29, 1.82) is 0 Å². The van der Waals surface area contributed by atoms with E-state index in [4.69, 9.17) is 10.2 Å². The topological polar surface area (TPSA) is 101 Å². The van der Waals surface area contributed by atoms with Gasteiger partial charge in [-0.25, -0.2) is 9.97 Å². The molecular formula is C21H26N6O2. The Bertz CT molecular complexity index is 966. The van der Waals surface area contributed by atoms with E-state index in [2.05, 4.69) is 25.1 Å². The van der Waals surface area contributed by atoms with Crippen LogP contribution in [0.2, 0.25) is 0 Å². The first kappa shape index (κ1) is 19.4. The first-order chi connectivity index (χ1) is 14.1. The van der Waals surface area contributed by atoms with Crippen molar-refractivity contribution in [3.05, 3.63) is 54.2 Å². The van der Waals surface area contributed by atoms with Crippen LogP contribution < -0.4 is 11.1 Å². The van der Waals surface area contributed by atoms with Crippen molar-refractivity contribution in [2.75, 3.05) is 38.5 Å². The first-order valence-electron chi connectivity index (χ1n) is 9.87. The number of fused-ring (bicyclic) bond motifs is 1. The molecule has 1 fully saturated rings. The van der Waals surface area contributed by atoms with Gasteiger partial charge in [-0.2, -0.15) is 0 Å². The minimum atomic E-state index is -0.130. The van der Waals surface area contributed by atoms with Crippen LogP contribution in [0.3, 0.4) is 0 Å². The van der Waals surface area contributed by atoms with Gasteiger partial charge in [-0.05, 0) is 31.2 Å². The number of amides is 1. The van der Waals surface area contributed by atoms with Crippen molar-refractivity contribution < 1.29 is 9.21 Å². The van der Waals surface area contributed by atoms with E-state index in [1.165, 1.54) is 0 Å². The summed E-state index contributed by atoms with van der Waals surface area (Å²) in [6.07, 6.45) is 1.62. The van der Waals surface area contributed by atoms with Crippen LogP contribution in [0.4, 0.5) is 5.82 Å². The number of rotatable bonds is 6. The van der Waals surface area contributed by atoms with Crippen molar-refractivity contribution in [2.24, 2.45) is 0 Å². The molecule has 0 unspecified atom stereocenters. The lowest BCUT2D eigenvalue weighted by Crippen LogP contribution is -2.49. The summed E-state index contributed by atoms with van der Waals surface area (Å²) >= 11 is 0. The summed E-state index contributed by atoms with van der Waals surface area (Å²) in [5, 5.41) is 3.87. The molecule has 2 aromatic heterocycles. The van der Waals surface area contributed by atoms with Crippen LogP contribution >= 0.6 is 0 Å². The highest BCUT2D eigenvalue weighted by Gasteiger charge is 2.21. The Morgan fingerprint density at radius 1 is 1.14 bits per heavy atom. The van der Waals surface area contributed by atoms with Crippen LogP contribution in [0.25, 0.3) is 10.9 Å². The number of anilines is 1. The number of furan rings is 1. The van der Waals surface area contributed by atoms with Gasteiger partial charge in [0, 0.05) is 31.6 Å². The number of nitrogen functional groups attached to an aromatic ring is 1. The zero-order chi connectivity index (χ0) is 20.2. The molecule has 0 saturated carbocycles. The molecule has 3 aromatic rings. The summed E-state index contributed by atoms with van der Waals surface area (Å²) in [5.41, 5.74) is 6.96. The van der Waals surface area contributed by atoms with E-state index in [1.807, 2.05) is 43.3 Å². The van der Waals surface area contributed by atoms with Crippen LogP contribution in [0.15, 0.2) is 47.1 Å². The van der Waals surface area contributed by atoms with Crippen LogP contribution in [0.1, 0.15) is 24.6 Å². The monoisotopic (exact) mass is 394 g/mol. The smallest absolute Gasteiger partial charge is 0.234 e. The van der Waals surface area contributed by atoms with E-state index in [1.54, 1.807) is 6.26 Å². The molecule has 8 nitrogen and oxygen atoms in total. The summed E-state index contributed by atoms with van der Waals surface area (Å²) in [6, 6.07) is 11.3. The Kier molecular flexibility index (Phi) is 5.73. The highest BCUT2D eigenvalue weighted by Crippen LogP contribution is 2.18. The molecule has 4 rings (SSSR count). The number of nitrogens with two attached hydrogens (primary N) is 1. The standard InChI is InChI=1S/C21H26N6O2/c1-15(18-7-4-12-29-18)23-20(28)14-27-10-8-26(9-11-27)13-19-24-17-6-3-2-5-16(17)21(22)25-19/h2-7,12,15H,8-11,13-14H2,1H3,(H,23,28)(H2,22,24,25)/t15-/m1/s1. The number of hydrogen-bond donors (Lipinski definition) is 2. The molecule has 1 amide bonds. The minimum Gasteiger partial charge on any atom is -0.467 e. The molecule has 0 bridgehead atoms. The zero-order valence-corrected chi connectivity index (χ0v) is 16.5. The zero-order valence-electron chi connectivity index (χ0n) is 16.5. The Labute approximate surface area is 169 Å². The predicted molar refractivity (Wildman–Crippen MR) is 111 cm³/mol. The molecule has 0 aliphatic carbocycles. The summed E-state index contributed by atoms with van der Waals surface area (Å²) in [7, 11) is 0. The molecule has 8 heteroatoms. The number of piperazine rings is 1. The number of hydrogen-bond acceptors (Lipinski definition) is 7. The van der Waals surface area contributed by atoms with E-state index < -0.39 is 0 Å². The maximum atomic E-state index is 12.3. The number of carbonyl (C=O) groups is 1. The van der Waals surface area contributed by atoms with Crippen LogP contribution in [-0.2, 0) is 11.3 Å². The lowest BCUT2D eigenvalue weighted by atomic mass is 10.2. The number of nitrogens with one attached hydrogen (secondary N) is 1. The largest absolute Gasteiger partial charge is 0.467 e. The van der Waals surface area contributed by atoms with Crippen molar-refractivity contribution in [3.63, 3.8) is 0 Å². The predicted octanol–water partition coefficient (Wildman–Crippen LogP) is 1.80. The average Bonchev–Trinajstić information content (AvgIpc) is 3.25. The molecule has 29 heavy (non-hydrogen) atoms. The highest BCUT2D eigenvalue weighted by atomic mass is 16.3. The molecular weight excluding hydrogens is 368 g/mol. The number of benzene rings is 1. The van der Waals surface area contributed by atoms with E-state index >= 15 is 0 Å². The van der Waals surface area contributed by atoms with Gasteiger partial charge in [-0.15, -0.1) is 0 Å². The fourth-order valence-corrected chi connectivity index (χ4v) is 3.63. The first-order valence-corrected chi connectivity index (χ1v) is 9.87. The quantitative estimate of drug-likeness (QED) is 0.657. The maximum absolute atomic E-state index is 12.3. The lowest BCUT2D eigenvalue weighted by Gasteiger charge is -2.34. The molecule has 0 spiro atoms. The summed E-state index contributed by atoms with van der Waals surface area (Å²) < 4.78 is 5.34. The molecule has 1 saturated heterocycles.